The van der Waals surface area contributed by atoms with Gasteiger partial charge in [-0.2, -0.15) is 36.5 Å². The molecule has 0 heterocycles. The third-order valence-electron chi connectivity index (χ3n) is 28.1. The topological polar surface area (TPSA) is 0 Å². The van der Waals surface area contributed by atoms with Crippen LogP contribution in [0.1, 0.15) is 437 Å². The molecule has 0 N–H and O–H groups in total. The Morgan fingerprint density at radius 3 is 0.816 bits per heavy atom. The molecule has 0 spiro atoms. The maximum absolute atomic E-state index is 4.93. The van der Waals surface area contributed by atoms with Gasteiger partial charge in [-0.15, -0.1) is 0 Å². The van der Waals surface area contributed by atoms with Gasteiger partial charge in [0.05, 0.1) is 8.07 Å². The van der Waals surface area contributed by atoms with E-state index in [0.29, 0.717) is 0 Å². The van der Waals surface area contributed by atoms with E-state index >= 15 is 0 Å². The molecular weight excluding hydrogens is 2060 g/mol. The van der Waals surface area contributed by atoms with Gasteiger partial charge >= 0.3 is 177 Å². The predicted molar refractivity (Wildman–Crippen MR) is 525 cm³/mol. The van der Waals surface area contributed by atoms with Crippen molar-refractivity contribution in [3.8, 4) is 0 Å². The van der Waals surface area contributed by atoms with Crippen molar-refractivity contribution in [1.82, 2.24) is 0 Å². The summed E-state index contributed by atoms with van der Waals surface area (Å²) in [5.74, 6) is 17.7. The van der Waals surface area contributed by atoms with Gasteiger partial charge < -0.3 is 86.1 Å². The molecule has 0 bridgehead atoms. The van der Waals surface area contributed by atoms with Crippen molar-refractivity contribution in [2.45, 2.75) is 461 Å². The van der Waals surface area contributed by atoms with E-state index in [9.17, 15) is 0 Å². The molecule has 16 unspecified atom stereocenters. The monoisotopic (exact) mass is 2250 g/mol. The van der Waals surface area contributed by atoms with E-state index in [4.69, 9.17) is 68.1 Å². The van der Waals surface area contributed by atoms with E-state index < -0.39 is 91.5 Å². The van der Waals surface area contributed by atoms with E-state index in [1.165, 1.54) is 293 Å². The molecule has 0 saturated heterocycles. The zero-order valence-corrected chi connectivity index (χ0v) is 101. The van der Waals surface area contributed by atoms with Gasteiger partial charge in [0.1, 0.15) is 0 Å². The van der Waals surface area contributed by atoms with E-state index in [-0.39, 0.29) is 92.7 Å². The number of halogens is 8. The number of fused-ring (bicyclic) bond motifs is 2. The van der Waals surface area contributed by atoms with Crippen LogP contribution in [0.4, 0.5) is 0 Å². The average Bonchev–Trinajstić information content (AvgIpc) is 1.60. The van der Waals surface area contributed by atoms with Crippen molar-refractivity contribution in [2.24, 2.45) is 101 Å². The smallest absolute Gasteiger partial charge is 4.00 e. The normalized spacial score (nSPS) is 27.9. The van der Waals surface area contributed by atoms with Gasteiger partial charge in [0.25, 0.3) is 0 Å². The largest absolute Gasteiger partial charge is 4.00 e. The van der Waals surface area contributed by atoms with Crippen LogP contribution in [0.5, 0.6) is 0 Å². The Kier molecular flexibility index (Phi) is 125. The molecule has 12 saturated carbocycles. The molecule has 12 fully saturated rings. The van der Waals surface area contributed by atoms with Gasteiger partial charge in [-0.25, -0.2) is 0 Å². The molecule has 0 aliphatic heterocycles. The van der Waals surface area contributed by atoms with Crippen molar-refractivity contribution in [3.63, 3.8) is 0 Å². The SMILES string of the molecule is CC1[CH-]C(C)C(C)C1C.CCCC1CCCC1.CCCC1CCCC1.CCCC1[CH-]CCC1.CCCCC1CCC(C)C1.CCCCC1CCC(C)C1.CCCCC1CCCC1.CCCCC1[CH-]CCC1.C[Si](C)(C1CCC2CCCCC21)C1CCC2CCCCC21.[CH3-].[CH3-].[CH3-].[CH3-].[CH3-].[CH3-].[CH3-].[CH3-].[CH3-].[Cl][Zr+2][Cl].[Cl][Zr+2][Cl].[Cl][Zr+2][Cl].[Cl][Zr+2][Cl].[Hf+4]. The summed E-state index contributed by atoms with van der Waals surface area (Å²) in [5, 5.41) is 0. The Bertz CT molecular complexity index is 1630. The molecule has 0 aromatic carbocycles. The van der Waals surface area contributed by atoms with Crippen LogP contribution in [0.3, 0.4) is 0 Å². The molecule has 12 aliphatic rings. The van der Waals surface area contributed by atoms with Crippen LogP contribution in [0, 0.1) is 187 Å². The summed E-state index contributed by atoms with van der Waals surface area (Å²) < 4.78 is 0. The summed E-state index contributed by atoms with van der Waals surface area (Å²) in [6, 6.07) is 0. The van der Waals surface area contributed by atoms with Gasteiger partial charge in [-0.05, 0) is 89.0 Å². The summed E-state index contributed by atoms with van der Waals surface area (Å²) in [6.07, 6.45) is 88.2. The van der Waals surface area contributed by atoms with Crippen molar-refractivity contribution >= 4 is 76.2 Å². The Hall–Kier alpha value is 6.94. The average molecular weight is 2260 g/mol. The zero-order valence-electron chi connectivity index (χ0n) is 80.9. The first-order valence-electron chi connectivity index (χ1n) is 45.6. The molecule has 114 heavy (non-hydrogen) atoms. The molecule has 0 amide bonds. The van der Waals surface area contributed by atoms with Crippen molar-refractivity contribution in [3.05, 3.63) is 86.1 Å². The van der Waals surface area contributed by atoms with Gasteiger partial charge in [-0.3, -0.25) is 0 Å². The third-order valence-corrected chi connectivity index (χ3v) is 33.4. The molecule has 12 rings (SSSR count). The van der Waals surface area contributed by atoms with Gasteiger partial charge in [0.2, 0.25) is 0 Å². The maximum Gasteiger partial charge on any atom is 4.00 e. The molecule has 0 aromatic rings. The number of unbranched alkanes of at least 4 members (excludes halogenated alkanes) is 4. The second kappa shape index (κ2) is 99.0. The molecule has 0 aromatic heterocycles. The molecule has 0 radical (unpaired) electrons. The van der Waals surface area contributed by atoms with E-state index in [1.54, 1.807) is 77.0 Å². The summed E-state index contributed by atoms with van der Waals surface area (Å²) in [7, 11) is 38.4. The number of hydrogen-bond acceptors (Lipinski definition) is 0. The van der Waals surface area contributed by atoms with Crippen LogP contribution in [-0.4, -0.2) is 8.07 Å². The number of hydrogen-bond donors (Lipinski definition) is 0. The van der Waals surface area contributed by atoms with E-state index in [1.807, 2.05) is 0 Å². The molecular formula is C100H202Cl8HfSiZr4. The first-order chi connectivity index (χ1) is 50.3. The quantitative estimate of drug-likeness (QED) is 0.0842. The minimum absolute atomic E-state index is 0. The summed E-state index contributed by atoms with van der Waals surface area (Å²) in [5.41, 5.74) is 2.40. The van der Waals surface area contributed by atoms with Crippen LogP contribution >= 0.6 is 68.1 Å². The van der Waals surface area contributed by atoms with Crippen molar-refractivity contribution < 1.29 is 109 Å². The van der Waals surface area contributed by atoms with Gasteiger partial charge in [-0.1, -0.05) is 436 Å². The van der Waals surface area contributed by atoms with Crippen LogP contribution in [0.15, 0.2) is 0 Å². The standard InChI is InChI=1S/C20H36Si.2C10H20.C9H17.C9H18.C9H17.2C8H16.C8H15.9CH3.8ClH.Hf.4Zr/c1-21(2,19-13-11-15-7-3-5-9-17(15)19)20-14-12-16-8-4-6-10-18(16)20;2*1-3-4-5-10-7-6-9(2)8-10;1-6-5-7(2)9(4)8(6)3;2*1-2-3-6-9-7-4-5-8-9;3*1-2-5-8-6-3-4-7-8;;;;;;;;;;;;;;;;;;;;;;/h15-20H,3-14H2,1-2H3;2*9-10H,3-8H2,1-2H3;5-9H,1-4H3;9H,2-8H2,1H3;7,9H,2-6,8H2,1H3;2*8H,2-7H2,1H3;6,8H,2-5,7H2,1H3;9*1H3;8*1H;;;;;/q;;;-1;;-1;;;10*-1;;;;;;;;;5*+4/p-8. The van der Waals surface area contributed by atoms with Crippen LogP contribution in [0.2, 0.25) is 24.2 Å². The molecule has 16 atom stereocenters. The second-order valence-electron chi connectivity index (χ2n) is 36.3. The van der Waals surface area contributed by atoms with Crippen molar-refractivity contribution in [2.75, 3.05) is 0 Å². The zero-order chi connectivity index (χ0) is 77.6. The molecule has 14 heteroatoms. The van der Waals surface area contributed by atoms with Crippen LogP contribution < -0.4 is 0 Å². The van der Waals surface area contributed by atoms with Crippen LogP contribution in [-0.2, 0) is 109 Å². The second-order valence-corrected chi connectivity index (χ2v) is 56.4. The minimum Gasteiger partial charge on any atom is 4.00 e. The Balaban J connectivity index is -0.000000115. The third kappa shape index (κ3) is 70.7. The first kappa shape index (κ1) is 144. The summed E-state index contributed by atoms with van der Waals surface area (Å²) >= 11 is -3.30. The summed E-state index contributed by atoms with van der Waals surface area (Å²) in [4.78, 5) is 0. The number of rotatable bonds is 20. The van der Waals surface area contributed by atoms with E-state index in [2.05, 4.69) is 122 Å². The van der Waals surface area contributed by atoms with Gasteiger partial charge in [0.15, 0.2) is 0 Å². The fourth-order valence-electron chi connectivity index (χ4n) is 21.8. The van der Waals surface area contributed by atoms with Crippen LogP contribution in [0.25, 0.3) is 0 Å². The van der Waals surface area contributed by atoms with E-state index in [0.717, 1.165) is 88.8 Å². The predicted octanol–water partition coefficient (Wildman–Crippen LogP) is 41.5. The Labute approximate surface area is 822 Å². The minimum atomic E-state index is -1.05. The van der Waals surface area contributed by atoms with Gasteiger partial charge in [0, 0.05) is 0 Å². The Morgan fingerprint density at radius 1 is 0.289 bits per heavy atom. The Morgan fingerprint density at radius 2 is 0.561 bits per heavy atom. The fraction of sp³-hybridized carbons (Fsp3) is 0.880. The summed E-state index contributed by atoms with van der Waals surface area (Å²) in [6.45, 7) is 35.8. The molecule has 0 nitrogen and oxygen atoms in total. The molecule has 682 valence electrons. The fourth-order valence-corrected chi connectivity index (χ4v) is 27.3. The molecule has 12 aliphatic carbocycles. The maximum atomic E-state index is 4.93. The van der Waals surface area contributed by atoms with Crippen molar-refractivity contribution in [1.29, 1.82) is 0 Å². The first-order valence-corrected chi connectivity index (χ1v) is 74.1.